The molecule has 0 saturated heterocycles. The fourth-order valence-electron chi connectivity index (χ4n) is 4.72. The molecule has 1 amide bonds. The van der Waals surface area contributed by atoms with Crippen LogP contribution < -0.4 is 19.9 Å². The fourth-order valence-corrected chi connectivity index (χ4v) is 4.72. The van der Waals surface area contributed by atoms with Gasteiger partial charge in [-0.05, 0) is 43.9 Å². The second-order valence-corrected chi connectivity index (χ2v) is 10.0. The normalized spacial score (nSPS) is 15.9. The Labute approximate surface area is 249 Å². The molecule has 1 aromatic heterocycles. The number of nitrogens with zero attached hydrogens (tertiary/aromatic N) is 5. The Balaban J connectivity index is 1.42. The lowest BCUT2D eigenvalue weighted by Gasteiger charge is -2.36. The number of likely N-dealkylation sites (N-methyl/N-ethyl adjacent to an activating group) is 1. The number of benzene rings is 2. The minimum atomic E-state index is -0.831. The van der Waals surface area contributed by atoms with E-state index in [1.54, 1.807) is 62.6 Å². The molecule has 1 aliphatic heterocycles. The first-order valence-corrected chi connectivity index (χ1v) is 13.6. The first-order chi connectivity index (χ1) is 20.9. The van der Waals surface area contributed by atoms with E-state index in [9.17, 15) is 14.4 Å². The second-order valence-electron chi connectivity index (χ2n) is 10.0. The van der Waals surface area contributed by atoms with Gasteiger partial charge in [-0.3, -0.25) is 19.8 Å². The smallest absolute Gasteiger partial charge is 0.424 e. The van der Waals surface area contributed by atoms with Crippen LogP contribution in [0.3, 0.4) is 0 Å². The molecule has 12 nitrogen and oxygen atoms in total. The van der Waals surface area contributed by atoms with Crippen molar-refractivity contribution in [3.8, 4) is 5.75 Å². The van der Waals surface area contributed by atoms with E-state index in [2.05, 4.69) is 10.3 Å². The molecule has 2 aliphatic rings. The molecule has 0 radical (unpaired) electrons. The topological polar surface area (TPSA) is 126 Å². The number of amides is 1. The first-order valence-electron chi connectivity index (χ1n) is 13.6. The quantitative estimate of drug-likeness (QED) is 0.294. The highest BCUT2D eigenvalue weighted by Crippen LogP contribution is 2.32. The highest BCUT2D eigenvalue weighted by atomic mass is 16.7. The molecule has 12 heteroatoms. The lowest BCUT2D eigenvalue weighted by molar-refractivity contribution is -0.152. The summed E-state index contributed by atoms with van der Waals surface area (Å²) in [6.07, 6.45) is 6.26. The van der Waals surface area contributed by atoms with Crippen molar-refractivity contribution in [3.63, 3.8) is 0 Å². The van der Waals surface area contributed by atoms with Crippen LogP contribution in [-0.2, 0) is 25.6 Å². The summed E-state index contributed by atoms with van der Waals surface area (Å²) in [6, 6.07) is 15.4. The number of para-hydroxylation sites is 1. The number of ether oxygens (including phenoxy) is 3. The van der Waals surface area contributed by atoms with Crippen LogP contribution in [-0.4, -0.2) is 80.0 Å². The third kappa shape index (κ3) is 6.71. The van der Waals surface area contributed by atoms with Crippen LogP contribution in [0, 0.1) is 0 Å². The number of carbonyl (C=O) groups is 3. The minimum absolute atomic E-state index is 0.0413. The number of aromatic nitrogens is 2. The van der Waals surface area contributed by atoms with Gasteiger partial charge >= 0.3 is 12.1 Å². The average Bonchev–Trinajstić information content (AvgIpc) is 3.01. The summed E-state index contributed by atoms with van der Waals surface area (Å²) in [5.41, 5.74) is 2.55. The number of hydrogen-bond acceptors (Lipinski definition) is 11. The number of anilines is 3. The number of hydrogen-bond donors (Lipinski definition) is 1. The molecule has 0 spiro atoms. The first kappa shape index (κ1) is 29.4. The van der Waals surface area contributed by atoms with Gasteiger partial charge in [-0.2, -0.15) is 4.98 Å². The molecular weight excluding hydrogens is 552 g/mol. The van der Waals surface area contributed by atoms with E-state index in [0.29, 0.717) is 36.0 Å². The SMILES string of the molecule is COc1ccc(C2=CC=CC(N3CNCc4cnc(N(C(=O)OCOC(=O)CN(C)C)c5ccccc5)nc43)C2=O)cc1. The van der Waals surface area contributed by atoms with Gasteiger partial charge in [-0.1, -0.05) is 48.6 Å². The number of methoxy groups -OCH3 is 1. The van der Waals surface area contributed by atoms with Crippen molar-refractivity contribution >= 4 is 40.9 Å². The van der Waals surface area contributed by atoms with Crippen molar-refractivity contribution in [1.29, 1.82) is 0 Å². The molecule has 0 saturated carbocycles. The fraction of sp³-hybridized carbons (Fsp3) is 0.258. The van der Waals surface area contributed by atoms with Crippen molar-refractivity contribution in [2.45, 2.75) is 12.6 Å². The maximum Gasteiger partial charge on any atom is 0.424 e. The van der Waals surface area contributed by atoms with E-state index in [1.807, 2.05) is 47.4 Å². The number of Topliss-reactive ketones (excluding diaryl/α,β-unsaturated/α-hetero) is 1. The summed E-state index contributed by atoms with van der Waals surface area (Å²) in [6.45, 7) is 0.298. The van der Waals surface area contributed by atoms with Gasteiger partial charge in [0.05, 0.1) is 26.0 Å². The molecule has 3 aromatic rings. The van der Waals surface area contributed by atoms with E-state index < -0.39 is 24.9 Å². The van der Waals surface area contributed by atoms with Gasteiger partial charge in [0.2, 0.25) is 12.7 Å². The van der Waals surface area contributed by atoms with Crippen molar-refractivity contribution in [2.75, 3.05) is 51.0 Å². The maximum atomic E-state index is 13.8. The van der Waals surface area contributed by atoms with Crippen LogP contribution in [0.25, 0.3) is 5.57 Å². The Morgan fingerprint density at radius 1 is 1.07 bits per heavy atom. The molecule has 0 bridgehead atoms. The highest BCUT2D eigenvalue weighted by molar-refractivity contribution is 6.26. The van der Waals surface area contributed by atoms with Crippen LogP contribution in [0.15, 0.2) is 79.0 Å². The van der Waals surface area contributed by atoms with Gasteiger partial charge in [0.15, 0.2) is 5.78 Å². The molecule has 2 heterocycles. The Morgan fingerprint density at radius 2 is 1.84 bits per heavy atom. The van der Waals surface area contributed by atoms with E-state index in [0.717, 1.165) is 11.1 Å². The Morgan fingerprint density at radius 3 is 2.56 bits per heavy atom. The van der Waals surface area contributed by atoms with Crippen molar-refractivity contribution < 1.29 is 28.6 Å². The molecule has 5 rings (SSSR count). The van der Waals surface area contributed by atoms with Crippen LogP contribution in [0.2, 0.25) is 0 Å². The van der Waals surface area contributed by atoms with Gasteiger partial charge in [0, 0.05) is 23.9 Å². The second kappa shape index (κ2) is 13.3. The monoisotopic (exact) mass is 584 g/mol. The highest BCUT2D eigenvalue weighted by Gasteiger charge is 2.34. The Hall–Kier alpha value is -5.07. The molecule has 43 heavy (non-hydrogen) atoms. The van der Waals surface area contributed by atoms with Crippen molar-refractivity contribution in [3.05, 3.63) is 90.1 Å². The van der Waals surface area contributed by atoms with E-state index in [1.165, 1.54) is 4.90 Å². The third-order valence-corrected chi connectivity index (χ3v) is 6.77. The zero-order chi connectivity index (χ0) is 30.3. The minimum Gasteiger partial charge on any atom is -0.497 e. The maximum absolute atomic E-state index is 13.8. The van der Waals surface area contributed by atoms with Crippen LogP contribution in [0.4, 0.5) is 22.2 Å². The standard InChI is InChI=1S/C31H32N6O6/c1-35(2)18-27(38)42-20-43-31(40)37(23-8-5-4-6-9-23)30-33-17-22-16-32-19-36(29(22)34-30)26-11-7-10-25(28(26)39)21-12-14-24(41-3)15-13-21/h4-15,17,26,32H,16,18-20H2,1-3H3. The molecule has 1 N–H and O–H groups in total. The van der Waals surface area contributed by atoms with Crippen LogP contribution in [0.1, 0.15) is 11.1 Å². The number of fused-ring (bicyclic) bond motifs is 1. The largest absolute Gasteiger partial charge is 0.497 e. The van der Waals surface area contributed by atoms with Crippen molar-refractivity contribution in [2.24, 2.45) is 0 Å². The van der Waals surface area contributed by atoms with Gasteiger partial charge in [-0.25, -0.2) is 14.7 Å². The number of nitrogens with one attached hydrogen (secondary N) is 1. The number of carbonyl (C=O) groups excluding carboxylic acids is 3. The zero-order valence-electron chi connectivity index (χ0n) is 24.1. The summed E-state index contributed by atoms with van der Waals surface area (Å²) < 4.78 is 15.6. The predicted molar refractivity (Wildman–Crippen MR) is 160 cm³/mol. The predicted octanol–water partition coefficient (Wildman–Crippen LogP) is 3.28. The third-order valence-electron chi connectivity index (χ3n) is 6.77. The summed E-state index contributed by atoms with van der Waals surface area (Å²) >= 11 is 0. The molecular formula is C31H32N6O6. The summed E-state index contributed by atoms with van der Waals surface area (Å²) in [7, 11) is 5.04. The van der Waals surface area contributed by atoms with Crippen LogP contribution >= 0.6 is 0 Å². The zero-order valence-corrected chi connectivity index (χ0v) is 24.1. The summed E-state index contributed by atoms with van der Waals surface area (Å²) in [5, 5.41) is 3.30. The van der Waals surface area contributed by atoms with E-state index in [-0.39, 0.29) is 18.3 Å². The lowest BCUT2D eigenvalue weighted by Crippen LogP contribution is -2.49. The van der Waals surface area contributed by atoms with Crippen molar-refractivity contribution in [1.82, 2.24) is 20.2 Å². The average molecular weight is 585 g/mol. The molecule has 1 unspecified atom stereocenters. The number of rotatable bonds is 9. The molecule has 222 valence electrons. The van der Waals surface area contributed by atoms with E-state index in [4.69, 9.17) is 19.2 Å². The molecule has 0 fully saturated rings. The molecule has 2 aromatic carbocycles. The van der Waals surface area contributed by atoms with Gasteiger partial charge in [0.1, 0.15) is 17.6 Å². The molecule has 1 atom stereocenters. The summed E-state index contributed by atoms with van der Waals surface area (Å²) in [4.78, 5) is 52.9. The number of ketones is 1. The van der Waals surface area contributed by atoms with Crippen LogP contribution in [0.5, 0.6) is 5.75 Å². The Bertz CT molecular complexity index is 1540. The van der Waals surface area contributed by atoms with Gasteiger partial charge < -0.3 is 19.1 Å². The number of esters is 1. The molecule has 1 aliphatic carbocycles. The van der Waals surface area contributed by atoms with Gasteiger partial charge in [-0.15, -0.1) is 0 Å². The lowest BCUT2D eigenvalue weighted by atomic mass is 9.92. The van der Waals surface area contributed by atoms with E-state index >= 15 is 0 Å². The number of allylic oxidation sites excluding steroid dienone is 2. The Kier molecular flexibility index (Phi) is 9.08. The summed E-state index contributed by atoms with van der Waals surface area (Å²) in [5.74, 6) is 0.617. The van der Waals surface area contributed by atoms with Gasteiger partial charge in [0.25, 0.3) is 0 Å².